The van der Waals surface area contributed by atoms with E-state index >= 15 is 0 Å². The summed E-state index contributed by atoms with van der Waals surface area (Å²) in [5, 5.41) is 11.5. The van der Waals surface area contributed by atoms with E-state index in [2.05, 4.69) is 10.3 Å². The molecule has 5 nitrogen and oxygen atoms in total. The van der Waals surface area contributed by atoms with E-state index in [1.165, 1.54) is 0 Å². The van der Waals surface area contributed by atoms with E-state index in [4.69, 9.17) is 10.00 Å². The number of amides is 1. The van der Waals surface area contributed by atoms with Gasteiger partial charge in [-0.3, -0.25) is 9.78 Å². The summed E-state index contributed by atoms with van der Waals surface area (Å²) in [4.78, 5) is 15.8. The second-order valence-corrected chi connectivity index (χ2v) is 4.16. The first kappa shape index (κ1) is 13.6. The molecule has 1 aromatic carbocycles. The minimum absolute atomic E-state index is 0.115. The number of carbonyl (C=O) groups excluding carboxylic acids is 1. The highest BCUT2D eigenvalue weighted by molar-refractivity contribution is 5.91. The summed E-state index contributed by atoms with van der Waals surface area (Å²) in [6.45, 7) is 1.73. The van der Waals surface area contributed by atoms with E-state index in [-0.39, 0.29) is 12.5 Å². The fraction of sp³-hybridized carbons (Fsp3) is 0.133. The summed E-state index contributed by atoms with van der Waals surface area (Å²) in [6.07, 6.45) is 1.63. The zero-order chi connectivity index (χ0) is 14.4. The summed E-state index contributed by atoms with van der Waals surface area (Å²) in [5.41, 5.74) is 2.00. The van der Waals surface area contributed by atoms with Crippen molar-refractivity contribution in [2.24, 2.45) is 0 Å². The molecule has 0 fully saturated rings. The van der Waals surface area contributed by atoms with E-state index in [0.29, 0.717) is 17.0 Å². The van der Waals surface area contributed by atoms with Gasteiger partial charge in [0.05, 0.1) is 11.6 Å². The molecule has 1 amide bonds. The van der Waals surface area contributed by atoms with Gasteiger partial charge in [0.15, 0.2) is 6.61 Å². The van der Waals surface area contributed by atoms with Crippen molar-refractivity contribution >= 4 is 11.6 Å². The van der Waals surface area contributed by atoms with Crippen LogP contribution in [0.2, 0.25) is 0 Å². The number of nitrogens with one attached hydrogen (secondary N) is 1. The molecule has 2 aromatic rings. The number of anilines is 1. The minimum Gasteiger partial charge on any atom is -0.484 e. The molecule has 0 atom stereocenters. The first-order chi connectivity index (χ1) is 9.67. The molecular weight excluding hydrogens is 254 g/mol. The molecule has 5 heteroatoms. The number of nitriles is 1. The molecule has 0 bridgehead atoms. The topological polar surface area (TPSA) is 75.0 Å². The SMILES string of the molecule is Cc1cc(NC(=O)COc2cccc(C#N)c2)ccn1. The molecule has 20 heavy (non-hydrogen) atoms. The first-order valence-electron chi connectivity index (χ1n) is 6.03. The average Bonchev–Trinajstić information content (AvgIpc) is 2.45. The molecule has 0 aliphatic carbocycles. The van der Waals surface area contributed by atoms with Crippen LogP contribution in [0.15, 0.2) is 42.6 Å². The van der Waals surface area contributed by atoms with Crippen molar-refractivity contribution in [1.29, 1.82) is 5.26 Å². The fourth-order valence-electron chi connectivity index (χ4n) is 1.62. The van der Waals surface area contributed by atoms with Crippen LogP contribution in [0.5, 0.6) is 5.75 Å². The smallest absolute Gasteiger partial charge is 0.262 e. The first-order valence-corrected chi connectivity index (χ1v) is 6.03. The molecule has 0 spiro atoms. The Morgan fingerprint density at radius 2 is 2.25 bits per heavy atom. The summed E-state index contributed by atoms with van der Waals surface area (Å²) in [5.74, 6) is 0.225. The van der Waals surface area contributed by atoms with Crippen LogP contribution >= 0.6 is 0 Å². The van der Waals surface area contributed by atoms with Crippen LogP contribution < -0.4 is 10.1 Å². The highest BCUT2D eigenvalue weighted by atomic mass is 16.5. The van der Waals surface area contributed by atoms with Crippen molar-refractivity contribution in [2.75, 3.05) is 11.9 Å². The van der Waals surface area contributed by atoms with Crippen LogP contribution in [0, 0.1) is 18.3 Å². The predicted octanol–water partition coefficient (Wildman–Crippen LogP) is 2.28. The van der Waals surface area contributed by atoms with E-state index < -0.39 is 0 Å². The van der Waals surface area contributed by atoms with Crippen molar-refractivity contribution in [3.8, 4) is 11.8 Å². The third kappa shape index (κ3) is 3.82. The molecule has 1 N–H and O–H groups in total. The summed E-state index contributed by atoms with van der Waals surface area (Å²) >= 11 is 0. The average molecular weight is 267 g/mol. The van der Waals surface area contributed by atoms with Crippen LogP contribution in [0.25, 0.3) is 0 Å². The number of pyridine rings is 1. The van der Waals surface area contributed by atoms with Crippen molar-refractivity contribution in [2.45, 2.75) is 6.92 Å². The van der Waals surface area contributed by atoms with Crippen LogP contribution in [-0.2, 0) is 4.79 Å². The maximum Gasteiger partial charge on any atom is 0.262 e. The van der Waals surface area contributed by atoms with E-state index in [9.17, 15) is 4.79 Å². The van der Waals surface area contributed by atoms with Gasteiger partial charge in [0.2, 0.25) is 0 Å². The number of benzene rings is 1. The minimum atomic E-state index is -0.266. The molecule has 0 unspecified atom stereocenters. The van der Waals surface area contributed by atoms with Crippen molar-refractivity contribution in [3.05, 3.63) is 53.9 Å². The predicted molar refractivity (Wildman–Crippen MR) is 74.3 cm³/mol. The lowest BCUT2D eigenvalue weighted by Gasteiger charge is -2.07. The van der Waals surface area contributed by atoms with Gasteiger partial charge in [-0.1, -0.05) is 6.07 Å². The van der Waals surface area contributed by atoms with Crippen molar-refractivity contribution in [3.63, 3.8) is 0 Å². The van der Waals surface area contributed by atoms with Gasteiger partial charge in [-0.2, -0.15) is 5.26 Å². The third-order valence-electron chi connectivity index (χ3n) is 2.51. The van der Waals surface area contributed by atoms with Gasteiger partial charge in [0.1, 0.15) is 5.75 Å². The van der Waals surface area contributed by atoms with Gasteiger partial charge in [-0.25, -0.2) is 0 Å². The number of hydrogen-bond donors (Lipinski definition) is 1. The number of nitrogens with zero attached hydrogens (tertiary/aromatic N) is 2. The van der Waals surface area contributed by atoms with Gasteiger partial charge in [-0.15, -0.1) is 0 Å². The molecule has 0 aliphatic heterocycles. The number of hydrogen-bond acceptors (Lipinski definition) is 4. The standard InChI is InChI=1S/C15H13N3O2/c1-11-7-13(5-6-17-11)18-15(19)10-20-14-4-2-3-12(8-14)9-16/h2-8H,10H2,1H3,(H,17,18,19). The Hall–Kier alpha value is -2.87. The lowest BCUT2D eigenvalue weighted by Crippen LogP contribution is -2.20. The van der Waals surface area contributed by atoms with E-state index in [1.54, 1.807) is 42.6 Å². The molecular formula is C15H13N3O2. The Labute approximate surface area is 116 Å². The Kier molecular flexibility index (Phi) is 4.30. The summed E-state index contributed by atoms with van der Waals surface area (Å²) < 4.78 is 5.33. The highest BCUT2D eigenvalue weighted by Crippen LogP contribution is 2.13. The zero-order valence-corrected chi connectivity index (χ0v) is 11.0. The maximum atomic E-state index is 11.7. The van der Waals surface area contributed by atoms with Gasteiger partial charge in [0.25, 0.3) is 5.91 Å². The Morgan fingerprint density at radius 3 is 3.00 bits per heavy atom. The molecule has 1 aromatic heterocycles. The quantitative estimate of drug-likeness (QED) is 0.922. The van der Waals surface area contributed by atoms with Crippen LogP contribution in [0.4, 0.5) is 5.69 Å². The van der Waals surface area contributed by atoms with E-state index in [0.717, 1.165) is 5.69 Å². The lowest BCUT2D eigenvalue weighted by molar-refractivity contribution is -0.118. The molecule has 0 radical (unpaired) electrons. The summed E-state index contributed by atoms with van der Waals surface area (Å²) in [7, 11) is 0. The summed E-state index contributed by atoms with van der Waals surface area (Å²) in [6, 6.07) is 12.2. The van der Waals surface area contributed by atoms with Gasteiger partial charge < -0.3 is 10.1 Å². The van der Waals surface area contributed by atoms with Crippen molar-refractivity contribution < 1.29 is 9.53 Å². The molecule has 2 rings (SSSR count). The molecule has 0 saturated heterocycles. The van der Waals surface area contributed by atoms with E-state index in [1.807, 2.05) is 13.0 Å². The van der Waals surface area contributed by atoms with Gasteiger partial charge in [0, 0.05) is 17.6 Å². The largest absolute Gasteiger partial charge is 0.484 e. The second-order valence-electron chi connectivity index (χ2n) is 4.16. The fourth-order valence-corrected chi connectivity index (χ4v) is 1.62. The Bertz CT molecular complexity index is 662. The second kappa shape index (κ2) is 6.34. The normalized spacial score (nSPS) is 9.60. The van der Waals surface area contributed by atoms with Crippen LogP contribution in [0.3, 0.4) is 0 Å². The van der Waals surface area contributed by atoms with Gasteiger partial charge >= 0.3 is 0 Å². The maximum absolute atomic E-state index is 11.7. The Morgan fingerprint density at radius 1 is 1.40 bits per heavy atom. The number of ether oxygens (including phenoxy) is 1. The number of rotatable bonds is 4. The van der Waals surface area contributed by atoms with Crippen LogP contribution in [0.1, 0.15) is 11.3 Å². The third-order valence-corrected chi connectivity index (χ3v) is 2.51. The zero-order valence-electron chi connectivity index (χ0n) is 11.0. The van der Waals surface area contributed by atoms with Crippen LogP contribution in [-0.4, -0.2) is 17.5 Å². The van der Waals surface area contributed by atoms with Gasteiger partial charge in [-0.05, 0) is 37.3 Å². The molecule has 1 heterocycles. The molecule has 100 valence electrons. The van der Waals surface area contributed by atoms with Crippen molar-refractivity contribution in [1.82, 2.24) is 4.98 Å². The molecule has 0 saturated carbocycles. The number of aryl methyl sites for hydroxylation is 1. The monoisotopic (exact) mass is 267 g/mol. The molecule has 0 aliphatic rings. The number of carbonyl (C=O) groups is 1. The Balaban J connectivity index is 1.90. The number of aromatic nitrogens is 1. The highest BCUT2D eigenvalue weighted by Gasteiger charge is 2.04. The lowest BCUT2D eigenvalue weighted by atomic mass is 10.2.